The van der Waals surface area contributed by atoms with E-state index in [9.17, 15) is 4.79 Å². The highest BCUT2D eigenvalue weighted by Gasteiger charge is 2.15. The van der Waals surface area contributed by atoms with Gasteiger partial charge in [0, 0.05) is 17.5 Å². The lowest BCUT2D eigenvalue weighted by atomic mass is 10.1. The van der Waals surface area contributed by atoms with E-state index in [1.807, 2.05) is 31.4 Å². The molecule has 2 unspecified atom stereocenters. The summed E-state index contributed by atoms with van der Waals surface area (Å²) in [6.07, 6.45) is 0.822. The Morgan fingerprint density at radius 1 is 1.60 bits per heavy atom. The van der Waals surface area contributed by atoms with E-state index in [0.29, 0.717) is 6.54 Å². The maximum Gasteiger partial charge on any atom is 0.228 e. The quantitative estimate of drug-likeness (QED) is 0.803. The van der Waals surface area contributed by atoms with Crippen LogP contribution in [0.1, 0.15) is 31.1 Å². The van der Waals surface area contributed by atoms with Gasteiger partial charge in [-0.25, -0.2) is 0 Å². The van der Waals surface area contributed by atoms with Gasteiger partial charge in [0.25, 0.3) is 0 Å². The van der Waals surface area contributed by atoms with Crippen LogP contribution in [-0.4, -0.2) is 18.5 Å². The molecule has 0 aromatic carbocycles. The Bertz CT molecular complexity index is 296. The number of rotatable bonds is 5. The second-order valence-corrected chi connectivity index (χ2v) is 4.77. The van der Waals surface area contributed by atoms with Crippen LogP contribution < -0.4 is 11.1 Å². The molecule has 2 atom stereocenters. The standard InChI is InChI=1S/C11H18N2OS/c1-8(12)5-6-13-11(14)9(2)10-4-3-7-15-10/h3-4,7-9H,5-6,12H2,1-2H3,(H,13,14). The van der Waals surface area contributed by atoms with Crippen molar-refractivity contribution in [3.8, 4) is 0 Å². The number of nitrogens with two attached hydrogens (primary N) is 1. The number of hydrogen-bond donors (Lipinski definition) is 2. The number of amides is 1. The second-order valence-electron chi connectivity index (χ2n) is 3.79. The molecule has 1 amide bonds. The summed E-state index contributed by atoms with van der Waals surface area (Å²) < 4.78 is 0. The minimum absolute atomic E-state index is 0.0573. The predicted octanol–water partition coefficient (Wildman–Crippen LogP) is 1.71. The molecular weight excluding hydrogens is 208 g/mol. The smallest absolute Gasteiger partial charge is 0.228 e. The van der Waals surface area contributed by atoms with Crippen LogP contribution in [-0.2, 0) is 4.79 Å². The van der Waals surface area contributed by atoms with Crippen LogP contribution in [0.5, 0.6) is 0 Å². The lowest BCUT2D eigenvalue weighted by molar-refractivity contribution is -0.122. The maximum atomic E-state index is 11.7. The van der Waals surface area contributed by atoms with E-state index in [1.54, 1.807) is 11.3 Å². The van der Waals surface area contributed by atoms with Gasteiger partial charge in [0.05, 0.1) is 5.92 Å². The third-order valence-electron chi connectivity index (χ3n) is 2.26. The van der Waals surface area contributed by atoms with Crippen LogP contribution >= 0.6 is 11.3 Å². The van der Waals surface area contributed by atoms with Crippen molar-refractivity contribution in [1.82, 2.24) is 5.32 Å². The first-order chi connectivity index (χ1) is 7.11. The van der Waals surface area contributed by atoms with Crippen molar-refractivity contribution in [2.45, 2.75) is 32.2 Å². The average molecular weight is 226 g/mol. The van der Waals surface area contributed by atoms with Crippen molar-refractivity contribution in [2.24, 2.45) is 5.73 Å². The molecule has 0 aliphatic rings. The fourth-order valence-corrected chi connectivity index (χ4v) is 2.03. The van der Waals surface area contributed by atoms with Crippen LogP contribution in [0.3, 0.4) is 0 Å². The van der Waals surface area contributed by atoms with E-state index in [-0.39, 0.29) is 17.9 Å². The lowest BCUT2D eigenvalue weighted by Gasteiger charge is -2.11. The minimum Gasteiger partial charge on any atom is -0.355 e. The fraction of sp³-hybridized carbons (Fsp3) is 0.545. The maximum absolute atomic E-state index is 11.7. The molecule has 0 saturated carbocycles. The van der Waals surface area contributed by atoms with E-state index >= 15 is 0 Å². The molecule has 0 aliphatic heterocycles. The summed E-state index contributed by atoms with van der Waals surface area (Å²) >= 11 is 1.61. The SMILES string of the molecule is CC(N)CCNC(=O)C(C)c1cccs1. The number of thiophene rings is 1. The summed E-state index contributed by atoms with van der Waals surface area (Å²) in [6, 6.07) is 4.09. The summed E-state index contributed by atoms with van der Waals surface area (Å²) in [5.41, 5.74) is 5.60. The zero-order valence-electron chi connectivity index (χ0n) is 9.19. The number of hydrogen-bond acceptors (Lipinski definition) is 3. The zero-order chi connectivity index (χ0) is 11.3. The summed E-state index contributed by atoms with van der Waals surface area (Å²) in [6.45, 7) is 4.52. The van der Waals surface area contributed by atoms with Gasteiger partial charge in [-0.1, -0.05) is 6.07 Å². The topological polar surface area (TPSA) is 55.1 Å². The van der Waals surface area contributed by atoms with Gasteiger partial charge in [-0.3, -0.25) is 4.79 Å². The Hall–Kier alpha value is -0.870. The first-order valence-corrected chi connectivity index (χ1v) is 6.06. The molecule has 0 radical (unpaired) electrons. The molecule has 0 aliphatic carbocycles. The average Bonchev–Trinajstić information content (AvgIpc) is 2.68. The van der Waals surface area contributed by atoms with Crippen molar-refractivity contribution in [1.29, 1.82) is 0 Å². The van der Waals surface area contributed by atoms with Crippen molar-refractivity contribution >= 4 is 17.2 Å². The Balaban J connectivity index is 2.34. The molecule has 0 fully saturated rings. The molecule has 0 bridgehead atoms. The summed E-state index contributed by atoms with van der Waals surface area (Å²) in [4.78, 5) is 12.8. The van der Waals surface area contributed by atoms with Crippen molar-refractivity contribution in [3.63, 3.8) is 0 Å². The van der Waals surface area contributed by atoms with E-state index in [2.05, 4.69) is 5.32 Å². The van der Waals surface area contributed by atoms with Crippen molar-refractivity contribution in [3.05, 3.63) is 22.4 Å². The van der Waals surface area contributed by atoms with Crippen LogP contribution in [0.25, 0.3) is 0 Å². The molecule has 0 spiro atoms. The molecule has 1 aromatic heterocycles. The molecule has 3 nitrogen and oxygen atoms in total. The summed E-state index contributed by atoms with van der Waals surface area (Å²) in [5, 5.41) is 4.88. The van der Waals surface area contributed by atoms with Crippen molar-refractivity contribution in [2.75, 3.05) is 6.54 Å². The Labute approximate surface area is 94.7 Å². The van der Waals surface area contributed by atoms with Gasteiger partial charge in [-0.2, -0.15) is 0 Å². The molecule has 3 N–H and O–H groups in total. The third-order valence-corrected chi connectivity index (χ3v) is 3.32. The van der Waals surface area contributed by atoms with Crippen LogP contribution in [0.15, 0.2) is 17.5 Å². The van der Waals surface area contributed by atoms with Gasteiger partial charge < -0.3 is 11.1 Å². The van der Waals surface area contributed by atoms with Crippen LogP contribution in [0.2, 0.25) is 0 Å². The minimum atomic E-state index is -0.0573. The fourth-order valence-electron chi connectivity index (χ4n) is 1.24. The van der Waals surface area contributed by atoms with E-state index in [1.165, 1.54) is 0 Å². The van der Waals surface area contributed by atoms with E-state index in [4.69, 9.17) is 5.73 Å². The molecular formula is C11H18N2OS. The van der Waals surface area contributed by atoms with Gasteiger partial charge in [0.1, 0.15) is 0 Å². The molecule has 1 aromatic rings. The van der Waals surface area contributed by atoms with Gasteiger partial charge >= 0.3 is 0 Å². The van der Waals surface area contributed by atoms with Crippen LogP contribution in [0, 0.1) is 0 Å². The Kier molecular flexibility index (Phi) is 4.78. The zero-order valence-corrected chi connectivity index (χ0v) is 10.0. The van der Waals surface area contributed by atoms with Gasteiger partial charge in [-0.15, -0.1) is 11.3 Å². The van der Waals surface area contributed by atoms with Crippen molar-refractivity contribution < 1.29 is 4.79 Å². The summed E-state index contributed by atoms with van der Waals surface area (Å²) in [5.74, 6) is 0.0242. The largest absolute Gasteiger partial charge is 0.355 e. The highest BCUT2D eigenvalue weighted by molar-refractivity contribution is 7.10. The first-order valence-electron chi connectivity index (χ1n) is 5.18. The van der Waals surface area contributed by atoms with Gasteiger partial charge in [-0.05, 0) is 31.7 Å². The number of nitrogens with one attached hydrogen (secondary N) is 1. The van der Waals surface area contributed by atoms with Gasteiger partial charge in [0.15, 0.2) is 0 Å². The molecule has 1 heterocycles. The highest BCUT2D eigenvalue weighted by Crippen LogP contribution is 2.20. The molecule has 84 valence electrons. The first kappa shape index (κ1) is 12.2. The van der Waals surface area contributed by atoms with Crippen LogP contribution in [0.4, 0.5) is 0 Å². The Morgan fingerprint density at radius 3 is 2.87 bits per heavy atom. The van der Waals surface area contributed by atoms with Gasteiger partial charge in [0.2, 0.25) is 5.91 Å². The van der Waals surface area contributed by atoms with E-state index in [0.717, 1.165) is 11.3 Å². The summed E-state index contributed by atoms with van der Waals surface area (Å²) in [7, 11) is 0. The lowest BCUT2D eigenvalue weighted by Crippen LogP contribution is -2.31. The normalized spacial score (nSPS) is 14.6. The Morgan fingerprint density at radius 2 is 2.33 bits per heavy atom. The molecule has 4 heteroatoms. The molecule has 0 saturated heterocycles. The highest BCUT2D eigenvalue weighted by atomic mass is 32.1. The monoisotopic (exact) mass is 226 g/mol. The number of carbonyl (C=O) groups is 1. The number of carbonyl (C=O) groups excluding carboxylic acids is 1. The molecule has 1 rings (SSSR count). The van der Waals surface area contributed by atoms with E-state index < -0.39 is 0 Å². The second kappa shape index (κ2) is 5.88. The molecule has 15 heavy (non-hydrogen) atoms. The third kappa shape index (κ3) is 4.01. The predicted molar refractivity (Wildman–Crippen MR) is 64.0 cm³/mol.